The molecule has 4 N–H and O–H groups in total. The molecule has 0 bridgehead atoms. The summed E-state index contributed by atoms with van der Waals surface area (Å²) in [6.07, 6.45) is 1.80. The third kappa shape index (κ3) is 2.01. The first kappa shape index (κ1) is 9.39. The highest BCUT2D eigenvalue weighted by molar-refractivity contribution is 5.46. The topological polar surface area (TPSA) is 65.0 Å². The number of nitrogens with zero attached hydrogens (tertiary/aromatic N) is 2. The van der Waals surface area contributed by atoms with Gasteiger partial charge in [-0.3, -0.25) is 0 Å². The lowest BCUT2D eigenvalue weighted by Crippen LogP contribution is -2.74. The van der Waals surface area contributed by atoms with Crippen LogP contribution >= 0.6 is 0 Å². The van der Waals surface area contributed by atoms with Crippen molar-refractivity contribution in [3.8, 4) is 0 Å². The van der Waals surface area contributed by atoms with E-state index in [-0.39, 0.29) is 0 Å². The first-order chi connectivity index (χ1) is 6.90. The summed E-state index contributed by atoms with van der Waals surface area (Å²) in [6, 6.07) is 3.80. The number of rotatable bonds is 2. The molecule has 1 aliphatic rings. The number of nitrogens with two attached hydrogens (primary N) is 1. The maximum atomic E-state index is 8.73. The van der Waals surface area contributed by atoms with Gasteiger partial charge in [0, 0.05) is 32.2 Å². The van der Waals surface area contributed by atoms with E-state index in [2.05, 4.69) is 15.2 Å². The standard InChI is InChI=1S/C9H14N4O/c14-12-9-2-1-8(7-11-9)13-5-3-10-4-6-13/h1-2,7,10,14H,3-6H2,(H,11,12)/p+1. The highest BCUT2D eigenvalue weighted by Gasteiger charge is 2.10. The van der Waals surface area contributed by atoms with Crippen molar-refractivity contribution in [1.29, 1.82) is 0 Å². The monoisotopic (exact) mass is 195 g/mol. The average Bonchev–Trinajstić information content (AvgIpc) is 2.30. The van der Waals surface area contributed by atoms with Crippen LogP contribution in [0.5, 0.6) is 0 Å². The Morgan fingerprint density at radius 3 is 2.71 bits per heavy atom. The van der Waals surface area contributed by atoms with Gasteiger partial charge in [-0.15, -0.1) is 0 Å². The number of pyridine rings is 1. The number of quaternary nitrogens is 1. The summed E-state index contributed by atoms with van der Waals surface area (Å²) >= 11 is 0. The van der Waals surface area contributed by atoms with Gasteiger partial charge in [-0.25, -0.2) is 10.2 Å². The fourth-order valence-electron chi connectivity index (χ4n) is 1.58. The van der Waals surface area contributed by atoms with Gasteiger partial charge < -0.3 is 10.2 Å². The van der Waals surface area contributed by atoms with Crippen LogP contribution < -0.4 is 15.7 Å². The van der Waals surface area contributed by atoms with Crippen LogP contribution in [0.4, 0.5) is 11.5 Å². The summed E-state index contributed by atoms with van der Waals surface area (Å²) in [5.41, 5.74) is 2.14. The zero-order chi connectivity index (χ0) is 9.80. The summed E-state index contributed by atoms with van der Waals surface area (Å²) in [5.74, 6) is 0.601. The van der Waals surface area contributed by atoms with Crippen LogP contribution in [0.25, 0.3) is 0 Å². The lowest BCUT2D eigenvalue weighted by Gasteiger charge is -2.28. The molecule has 14 heavy (non-hydrogen) atoms. The van der Waals surface area contributed by atoms with Crippen LogP contribution in [0.3, 0.4) is 0 Å². The highest BCUT2D eigenvalue weighted by atomic mass is 16.5. The summed E-state index contributed by atoms with van der Waals surface area (Å²) < 4.78 is 0. The first-order valence-electron chi connectivity index (χ1n) is 4.79. The smallest absolute Gasteiger partial charge is 0.256 e. The van der Waals surface area contributed by atoms with E-state index < -0.39 is 0 Å². The maximum absolute atomic E-state index is 8.73. The van der Waals surface area contributed by atoms with E-state index >= 15 is 0 Å². The Balaban J connectivity index is 2.07. The van der Waals surface area contributed by atoms with Crippen LogP contribution in [-0.2, 0) is 0 Å². The van der Waals surface area contributed by atoms with Crippen molar-refractivity contribution in [3.63, 3.8) is 0 Å². The molecule has 1 fully saturated rings. The Labute approximate surface area is 82.7 Å². The van der Waals surface area contributed by atoms with Crippen molar-refractivity contribution in [2.24, 2.45) is 0 Å². The third-order valence-corrected chi connectivity index (χ3v) is 2.39. The quantitative estimate of drug-likeness (QED) is 0.534. The Morgan fingerprint density at radius 2 is 2.14 bits per heavy atom. The fourth-order valence-corrected chi connectivity index (χ4v) is 1.58. The molecule has 0 radical (unpaired) electrons. The van der Waals surface area contributed by atoms with E-state index in [1.165, 1.54) is 0 Å². The van der Waals surface area contributed by atoms with Gasteiger partial charge in [0.25, 0.3) is 5.82 Å². The van der Waals surface area contributed by atoms with Gasteiger partial charge >= 0.3 is 0 Å². The van der Waals surface area contributed by atoms with E-state index in [0.29, 0.717) is 5.82 Å². The van der Waals surface area contributed by atoms with Crippen LogP contribution in [0.15, 0.2) is 18.3 Å². The molecule has 0 amide bonds. The molecular weight excluding hydrogens is 180 g/mol. The number of anilines is 1. The van der Waals surface area contributed by atoms with E-state index in [1.807, 2.05) is 12.1 Å². The maximum Gasteiger partial charge on any atom is 0.256 e. The molecule has 5 nitrogen and oxygen atoms in total. The van der Waals surface area contributed by atoms with Gasteiger partial charge in [-0.1, -0.05) is 0 Å². The Bertz CT molecular complexity index is 281. The number of piperazine rings is 1. The average molecular weight is 195 g/mol. The van der Waals surface area contributed by atoms with Crippen LogP contribution in [-0.4, -0.2) is 36.4 Å². The highest BCUT2D eigenvalue weighted by Crippen LogP contribution is 2.13. The summed E-state index contributed by atoms with van der Waals surface area (Å²) in [4.78, 5) is 6.39. The van der Waals surface area contributed by atoms with Crippen molar-refractivity contribution in [1.82, 2.24) is 10.3 Å². The van der Waals surface area contributed by atoms with Gasteiger partial charge in [0.1, 0.15) is 0 Å². The number of nitrogens with one attached hydrogen (secondary N) is 1. The largest absolute Gasteiger partial charge is 0.368 e. The second kappa shape index (κ2) is 4.36. The zero-order valence-electron chi connectivity index (χ0n) is 7.98. The predicted molar refractivity (Wildman–Crippen MR) is 52.7 cm³/mol. The van der Waals surface area contributed by atoms with E-state index in [9.17, 15) is 0 Å². The molecule has 0 aliphatic carbocycles. The third-order valence-electron chi connectivity index (χ3n) is 2.39. The van der Waals surface area contributed by atoms with Crippen molar-refractivity contribution < 1.29 is 10.7 Å². The van der Waals surface area contributed by atoms with Crippen molar-refractivity contribution in [2.75, 3.05) is 31.1 Å². The van der Waals surface area contributed by atoms with Gasteiger partial charge in [0.15, 0.2) is 0 Å². The Hall–Kier alpha value is -1.17. The van der Waals surface area contributed by atoms with E-state index in [4.69, 9.17) is 5.21 Å². The van der Waals surface area contributed by atoms with Gasteiger partial charge in [-0.2, -0.15) is 5.48 Å². The molecule has 1 saturated heterocycles. The van der Waals surface area contributed by atoms with Gasteiger partial charge in [0.05, 0.1) is 11.9 Å². The molecule has 0 unspecified atom stereocenters. The molecule has 1 aromatic rings. The summed E-state index contributed by atoms with van der Waals surface area (Å²) in [5, 5.41) is 12.0. The molecule has 0 aromatic carbocycles. The number of hydrogen-bond donors (Lipinski definition) is 3. The van der Waals surface area contributed by atoms with Crippen molar-refractivity contribution in [2.45, 2.75) is 0 Å². The minimum Gasteiger partial charge on any atom is -0.368 e. The number of aromatic nitrogens is 1. The van der Waals surface area contributed by atoms with E-state index in [0.717, 1.165) is 37.3 Å². The molecule has 2 rings (SSSR count). The zero-order valence-corrected chi connectivity index (χ0v) is 7.98. The van der Waals surface area contributed by atoms with Crippen molar-refractivity contribution >= 4 is 11.5 Å². The molecular formula is C9H15N4O+. The molecule has 0 atom stereocenters. The molecule has 1 aromatic heterocycles. The predicted octanol–water partition coefficient (Wildman–Crippen LogP) is -0.925. The lowest BCUT2D eigenvalue weighted by atomic mass is 10.3. The Kier molecular flexibility index (Phi) is 2.93. The number of hydrogen-bond acceptors (Lipinski definition) is 4. The SMILES string of the molecule is O[NH2+]c1ccc(N2CCNCC2)cn1. The van der Waals surface area contributed by atoms with Crippen LogP contribution in [0.2, 0.25) is 0 Å². The normalized spacial score (nSPS) is 17.1. The second-order valence-corrected chi connectivity index (χ2v) is 3.31. The van der Waals surface area contributed by atoms with Gasteiger partial charge in [-0.05, 0) is 6.07 Å². The molecule has 1 aliphatic heterocycles. The van der Waals surface area contributed by atoms with Gasteiger partial charge in [0.2, 0.25) is 0 Å². The minimum atomic E-state index is 0.601. The van der Waals surface area contributed by atoms with Crippen LogP contribution in [0, 0.1) is 0 Å². The fraction of sp³-hybridized carbons (Fsp3) is 0.444. The Morgan fingerprint density at radius 1 is 1.36 bits per heavy atom. The second-order valence-electron chi connectivity index (χ2n) is 3.31. The summed E-state index contributed by atoms with van der Waals surface area (Å²) in [7, 11) is 0. The summed E-state index contributed by atoms with van der Waals surface area (Å²) in [6.45, 7) is 4.08. The van der Waals surface area contributed by atoms with Crippen molar-refractivity contribution in [3.05, 3.63) is 18.3 Å². The molecule has 0 saturated carbocycles. The van der Waals surface area contributed by atoms with E-state index in [1.54, 1.807) is 6.20 Å². The minimum absolute atomic E-state index is 0.601. The molecule has 0 spiro atoms. The lowest BCUT2D eigenvalue weighted by molar-refractivity contribution is -0.828. The molecule has 2 heterocycles. The molecule has 5 heteroatoms. The molecule has 76 valence electrons. The van der Waals surface area contributed by atoms with Crippen LogP contribution in [0.1, 0.15) is 0 Å². The first-order valence-corrected chi connectivity index (χ1v) is 4.79.